The monoisotopic (exact) mass is 412 g/mol. The van der Waals surface area contributed by atoms with Crippen LogP contribution < -0.4 is 4.90 Å². The lowest BCUT2D eigenvalue weighted by Gasteiger charge is -2.27. The zero-order valence-corrected chi connectivity index (χ0v) is 16.6. The second kappa shape index (κ2) is 6.73. The zero-order chi connectivity index (χ0) is 21.0. The Bertz CT molecular complexity index is 1040. The lowest BCUT2D eigenvalue weighted by Crippen LogP contribution is -2.44. The Morgan fingerprint density at radius 1 is 1.30 bits per heavy atom. The third kappa shape index (κ3) is 2.76. The Balaban J connectivity index is 1.39. The molecule has 2 unspecified atom stereocenters. The van der Waals surface area contributed by atoms with Gasteiger partial charge in [-0.25, -0.2) is 4.39 Å². The van der Waals surface area contributed by atoms with Crippen LogP contribution in [0.3, 0.4) is 0 Å². The first-order chi connectivity index (χ1) is 14.4. The minimum absolute atomic E-state index is 0.161. The number of ether oxygens (including phenoxy) is 1. The summed E-state index contributed by atoms with van der Waals surface area (Å²) in [7, 11) is 1.65. The van der Waals surface area contributed by atoms with E-state index in [2.05, 4.69) is 10.2 Å². The van der Waals surface area contributed by atoms with E-state index >= 15 is 0 Å². The van der Waals surface area contributed by atoms with E-state index in [1.807, 2.05) is 19.1 Å². The number of benzene rings is 1. The van der Waals surface area contributed by atoms with Gasteiger partial charge in [-0.3, -0.25) is 9.59 Å². The number of aromatic nitrogens is 2. The largest absolute Gasteiger partial charge is 0.423 e. The van der Waals surface area contributed by atoms with Crippen LogP contribution in [0.25, 0.3) is 0 Å². The highest BCUT2D eigenvalue weighted by Crippen LogP contribution is 2.53. The third-order valence-electron chi connectivity index (χ3n) is 6.08. The first kappa shape index (κ1) is 18.9. The Morgan fingerprint density at radius 2 is 2.03 bits per heavy atom. The van der Waals surface area contributed by atoms with Gasteiger partial charge < -0.3 is 19.0 Å². The number of anilines is 1. The molecule has 2 amide bonds. The number of nitrogens with zero attached hydrogens (tertiary/aromatic N) is 4. The number of aryl methyl sites for hydroxylation is 1. The molecule has 1 aromatic heterocycles. The summed E-state index contributed by atoms with van der Waals surface area (Å²) in [6, 6.07) is 5.75. The molecule has 1 aromatic carbocycles. The van der Waals surface area contributed by atoms with Crippen LogP contribution in [0.4, 0.5) is 10.1 Å². The van der Waals surface area contributed by atoms with Crippen LogP contribution in [0.5, 0.6) is 0 Å². The molecule has 3 aliphatic heterocycles. The molecule has 8 nitrogen and oxygen atoms in total. The third-order valence-corrected chi connectivity index (χ3v) is 6.08. The van der Waals surface area contributed by atoms with Gasteiger partial charge in [0.25, 0.3) is 0 Å². The fraction of sp³-hybridized carbons (Fsp3) is 0.429. The van der Waals surface area contributed by atoms with Crippen molar-refractivity contribution in [1.82, 2.24) is 15.1 Å². The van der Waals surface area contributed by atoms with Crippen molar-refractivity contribution >= 4 is 17.5 Å². The van der Waals surface area contributed by atoms with Crippen LogP contribution in [0, 0.1) is 17.7 Å². The number of carbonyl (C=O) groups excluding carboxylic acids is 2. The van der Waals surface area contributed by atoms with Crippen molar-refractivity contribution in [3.05, 3.63) is 54.0 Å². The van der Waals surface area contributed by atoms with E-state index in [-0.39, 0.29) is 24.2 Å². The first-order valence-electron chi connectivity index (χ1n) is 9.92. The summed E-state index contributed by atoms with van der Waals surface area (Å²) in [6.45, 7) is 2.36. The van der Waals surface area contributed by atoms with Crippen LogP contribution in [-0.2, 0) is 27.3 Å². The molecule has 2 saturated heterocycles. The number of carbonyl (C=O) groups is 2. The summed E-state index contributed by atoms with van der Waals surface area (Å²) in [5.74, 6) is -1.16. The van der Waals surface area contributed by atoms with Crippen molar-refractivity contribution < 1.29 is 23.1 Å². The second-order valence-corrected chi connectivity index (χ2v) is 7.94. The number of hydrogen-bond donors (Lipinski definition) is 0. The molecule has 0 aliphatic carbocycles. The highest BCUT2D eigenvalue weighted by Gasteiger charge is 2.67. The van der Waals surface area contributed by atoms with Gasteiger partial charge in [-0.1, -0.05) is 19.1 Å². The fourth-order valence-electron chi connectivity index (χ4n) is 4.65. The van der Waals surface area contributed by atoms with Crippen molar-refractivity contribution in [2.24, 2.45) is 11.8 Å². The van der Waals surface area contributed by atoms with Gasteiger partial charge in [0, 0.05) is 19.2 Å². The molecule has 0 saturated carbocycles. The first-order valence-corrected chi connectivity index (χ1v) is 9.92. The van der Waals surface area contributed by atoms with Gasteiger partial charge in [0.1, 0.15) is 11.4 Å². The van der Waals surface area contributed by atoms with Gasteiger partial charge >= 0.3 is 0 Å². The summed E-state index contributed by atoms with van der Waals surface area (Å²) in [6.07, 6.45) is 3.92. The van der Waals surface area contributed by atoms with Crippen LogP contribution in [0.2, 0.25) is 0 Å². The molecule has 3 aliphatic rings. The van der Waals surface area contributed by atoms with Crippen molar-refractivity contribution in [1.29, 1.82) is 0 Å². The van der Waals surface area contributed by atoms with Crippen molar-refractivity contribution in [3.63, 3.8) is 0 Å². The summed E-state index contributed by atoms with van der Waals surface area (Å²) in [4.78, 5) is 29.7. The standard InChI is InChI=1S/C21H21FN4O4/c1-3-15-23-24-16(29-15)10-25(2)19(27)17-14-8-9-21(30-14)11-26(20(28)18(17)21)13-6-4-12(22)5-7-13/h4-9,14,17-18H,3,10-11H2,1-2H3/t14-,17?,18?,21-/m1/s1. The Hall–Kier alpha value is -3.07. The van der Waals surface area contributed by atoms with Gasteiger partial charge in [-0.2, -0.15) is 0 Å². The topological polar surface area (TPSA) is 88.8 Å². The quantitative estimate of drug-likeness (QED) is 0.695. The lowest BCUT2D eigenvalue weighted by atomic mass is 9.76. The van der Waals surface area contributed by atoms with Crippen LogP contribution in [0.15, 0.2) is 40.8 Å². The molecule has 5 rings (SSSR count). The molecular weight excluding hydrogens is 391 g/mol. The van der Waals surface area contributed by atoms with Gasteiger partial charge in [-0.05, 0) is 24.3 Å². The normalized spacial score (nSPS) is 29.0. The van der Waals surface area contributed by atoms with Gasteiger partial charge in [0.05, 0.1) is 31.0 Å². The van der Waals surface area contributed by atoms with E-state index in [0.717, 1.165) is 0 Å². The maximum atomic E-state index is 13.3. The number of rotatable bonds is 5. The summed E-state index contributed by atoms with van der Waals surface area (Å²) in [5.41, 5.74) is -0.250. The van der Waals surface area contributed by atoms with E-state index in [1.54, 1.807) is 24.1 Å². The molecule has 30 heavy (non-hydrogen) atoms. The fourth-order valence-corrected chi connectivity index (χ4v) is 4.65. The molecular formula is C21H21FN4O4. The van der Waals surface area contributed by atoms with Crippen LogP contribution in [0.1, 0.15) is 18.7 Å². The molecule has 4 heterocycles. The maximum Gasteiger partial charge on any atom is 0.235 e. The number of halogens is 1. The van der Waals surface area contributed by atoms with Gasteiger partial charge in [0.2, 0.25) is 23.6 Å². The van der Waals surface area contributed by atoms with E-state index in [4.69, 9.17) is 9.15 Å². The molecule has 2 fully saturated rings. The van der Waals surface area contributed by atoms with E-state index in [1.165, 1.54) is 17.0 Å². The van der Waals surface area contributed by atoms with E-state index < -0.39 is 23.5 Å². The molecule has 2 bridgehead atoms. The molecule has 9 heteroatoms. The van der Waals surface area contributed by atoms with Crippen LogP contribution in [-0.4, -0.2) is 52.2 Å². The molecule has 4 atom stereocenters. The van der Waals surface area contributed by atoms with Gasteiger partial charge in [0.15, 0.2) is 0 Å². The molecule has 0 N–H and O–H groups in total. The minimum atomic E-state index is -0.836. The maximum absolute atomic E-state index is 13.3. The van der Waals surface area contributed by atoms with E-state index in [0.29, 0.717) is 30.4 Å². The lowest BCUT2D eigenvalue weighted by molar-refractivity contribution is -0.139. The number of amides is 2. The second-order valence-electron chi connectivity index (χ2n) is 7.94. The summed E-state index contributed by atoms with van der Waals surface area (Å²) in [5, 5.41) is 7.88. The summed E-state index contributed by atoms with van der Waals surface area (Å²) < 4.78 is 24.9. The number of hydrogen-bond acceptors (Lipinski definition) is 6. The van der Waals surface area contributed by atoms with Crippen LogP contribution >= 0.6 is 0 Å². The predicted octanol–water partition coefficient (Wildman–Crippen LogP) is 1.72. The average Bonchev–Trinajstić information content (AvgIpc) is 3.49. The molecule has 0 radical (unpaired) electrons. The Kier molecular flexibility index (Phi) is 4.25. The summed E-state index contributed by atoms with van der Waals surface area (Å²) >= 11 is 0. The Morgan fingerprint density at radius 3 is 2.73 bits per heavy atom. The predicted molar refractivity (Wildman–Crippen MR) is 103 cm³/mol. The number of fused-ring (bicyclic) bond motifs is 1. The Labute approximate surface area is 172 Å². The highest BCUT2D eigenvalue weighted by molar-refractivity contribution is 6.03. The van der Waals surface area contributed by atoms with E-state index in [9.17, 15) is 14.0 Å². The SMILES string of the molecule is CCc1nnc(CN(C)C(=O)C2C3C(=O)N(c4ccc(F)cc4)C[C@]34C=C[C@H]2O4)o1. The van der Waals surface area contributed by atoms with Gasteiger partial charge in [-0.15, -0.1) is 10.2 Å². The average molecular weight is 412 g/mol. The van der Waals surface area contributed by atoms with Crippen molar-refractivity contribution in [2.45, 2.75) is 31.6 Å². The smallest absolute Gasteiger partial charge is 0.235 e. The highest BCUT2D eigenvalue weighted by atomic mass is 19.1. The molecule has 1 spiro atoms. The molecule has 2 aromatic rings. The molecule has 156 valence electrons. The zero-order valence-electron chi connectivity index (χ0n) is 16.6. The van der Waals surface area contributed by atoms with Crippen molar-refractivity contribution in [3.8, 4) is 0 Å². The minimum Gasteiger partial charge on any atom is -0.423 e. The van der Waals surface area contributed by atoms with Crippen molar-refractivity contribution in [2.75, 3.05) is 18.5 Å².